The summed E-state index contributed by atoms with van der Waals surface area (Å²) in [5.74, 6) is 0.0816. The van der Waals surface area contributed by atoms with Gasteiger partial charge in [0.25, 0.3) is 0 Å². The summed E-state index contributed by atoms with van der Waals surface area (Å²) in [6.45, 7) is 1.84. The van der Waals surface area contributed by atoms with Crippen LogP contribution in [-0.2, 0) is 0 Å². The van der Waals surface area contributed by atoms with Crippen molar-refractivity contribution in [3.63, 3.8) is 0 Å². The minimum atomic E-state index is -0.136. The van der Waals surface area contributed by atoms with Crippen LogP contribution in [0.3, 0.4) is 0 Å². The number of ketones is 1. The summed E-state index contributed by atoms with van der Waals surface area (Å²) in [7, 11) is 1.77. The van der Waals surface area contributed by atoms with Crippen LogP contribution in [-0.4, -0.2) is 18.9 Å². The van der Waals surface area contributed by atoms with Gasteiger partial charge in [-0.2, -0.15) is 0 Å². The molecule has 0 unspecified atom stereocenters. The Hall–Kier alpha value is -1.15. The van der Waals surface area contributed by atoms with Crippen molar-refractivity contribution in [1.29, 1.82) is 0 Å². The predicted molar refractivity (Wildman–Crippen MR) is 48.1 cm³/mol. The van der Waals surface area contributed by atoms with Crippen molar-refractivity contribution >= 4 is 5.78 Å². The van der Waals surface area contributed by atoms with Crippen molar-refractivity contribution in [2.45, 2.75) is 13.0 Å². The number of carbonyl (C=O) groups is 1. The lowest BCUT2D eigenvalue weighted by molar-refractivity contribution is 0.0955. The molecule has 1 radical (unpaired) electrons. The van der Waals surface area contributed by atoms with Gasteiger partial charge in [0.2, 0.25) is 0 Å². The Morgan fingerprint density at radius 3 is 2.83 bits per heavy atom. The molecule has 0 aromatic heterocycles. The average molecular weight is 162 g/mol. The molecule has 1 aromatic carbocycles. The Morgan fingerprint density at radius 2 is 2.33 bits per heavy atom. The first kappa shape index (κ1) is 8.94. The van der Waals surface area contributed by atoms with Crippen LogP contribution >= 0.6 is 0 Å². The zero-order valence-corrected chi connectivity index (χ0v) is 7.29. The lowest BCUT2D eigenvalue weighted by Gasteiger charge is -2.07. The Labute approximate surface area is 72.6 Å². The van der Waals surface area contributed by atoms with Crippen LogP contribution < -0.4 is 5.32 Å². The molecule has 1 aromatic rings. The van der Waals surface area contributed by atoms with Crippen molar-refractivity contribution in [3.8, 4) is 0 Å². The molecule has 0 bridgehead atoms. The highest BCUT2D eigenvalue weighted by molar-refractivity contribution is 5.99. The van der Waals surface area contributed by atoms with E-state index in [9.17, 15) is 4.79 Å². The molecule has 0 saturated carbocycles. The van der Waals surface area contributed by atoms with Crippen molar-refractivity contribution in [3.05, 3.63) is 35.9 Å². The van der Waals surface area contributed by atoms with Crippen LogP contribution in [0, 0.1) is 6.07 Å². The summed E-state index contributed by atoms with van der Waals surface area (Å²) < 4.78 is 0. The molecule has 0 fully saturated rings. The van der Waals surface area contributed by atoms with Crippen molar-refractivity contribution in [1.82, 2.24) is 5.32 Å². The number of nitrogens with one attached hydrogen (secondary N) is 1. The van der Waals surface area contributed by atoms with E-state index >= 15 is 0 Å². The second-order valence-electron chi connectivity index (χ2n) is 2.65. The third kappa shape index (κ3) is 1.92. The molecule has 0 saturated heterocycles. The van der Waals surface area contributed by atoms with Gasteiger partial charge in [-0.15, -0.1) is 0 Å². The van der Waals surface area contributed by atoms with Crippen LogP contribution in [0.25, 0.3) is 0 Å². The topological polar surface area (TPSA) is 29.1 Å². The van der Waals surface area contributed by atoms with Crippen molar-refractivity contribution in [2.24, 2.45) is 0 Å². The van der Waals surface area contributed by atoms with Crippen LogP contribution in [0.1, 0.15) is 17.3 Å². The molecular formula is C10H12NO. The van der Waals surface area contributed by atoms with E-state index in [1.54, 1.807) is 19.2 Å². The number of Topliss-reactive ketones (excluding diaryl/α,β-unsaturated/α-hetero) is 1. The number of benzene rings is 1. The quantitative estimate of drug-likeness (QED) is 0.678. The van der Waals surface area contributed by atoms with Crippen LogP contribution in [0.5, 0.6) is 0 Å². The fourth-order valence-corrected chi connectivity index (χ4v) is 0.911. The third-order valence-electron chi connectivity index (χ3n) is 1.80. The molecular weight excluding hydrogens is 150 g/mol. The Morgan fingerprint density at radius 1 is 1.58 bits per heavy atom. The smallest absolute Gasteiger partial charge is 0.180 e. The van der Waals surface area contributed by atoms with E-state index in [1.807, 2.05) is 19.1 Å². The predicted octanol–water partition coefficient (Wildman–Crippen LogP) is 1.28. The SMILES string of the molecule is CN[C@@H](C)C(=O)c1[c]cccc1. The second-order valence-corrected chi connectivity index (χ2v) is 2.65. The highest BCUT2D eigenvalue weighted by atomic mass is 16.1. The molecule has 1 rings (SSSR count). The first-order valence-electron chi connectivity index (χ1n) is 3.94. The van der Waals surface area contributed by atoms with Gasteiger partial charge in [0, 0.05) is 5.56 Å². The number of likely N-dealkylation sites (N-methyl/N-ethyl adjacent to an activating group) is 1. The molecule has 1 atom stereocenters. The monoisotopic (exact) mass is 162 g/mol. The number of hydrogen-bond acceptors (Lipinski definition) is 2. The van der Waals surface area contributed by atoms with E-state index in [2.05, 4.69) is 11.4 Å². The second kappa shape index (κ2) is 4.02. The summed E-state index contributed by atoms with van der Waals surface area (Å²) >= 11 is 0. The minimum absolute atomic E-state index is 0.0816. The molecule has 2 heteroatoms. The highest BCUT2D eigenvalue weighted by Crippen LogP contribution is 2.01. The largest absolute Gasteiger partial charge is 0.310 e. The van der Waals surface area contributed by atoms with E-state index in [0.717, 1.165) is 0 Å². The van der Waals surface area contributed by atoms with Gasteiger partial charge in [0.1, 0.15) is 0 Å². The maximum atomic E-state index is 11.5. The maximum absolute atomic E-state index is 11.5. The molecule has 0 aliphatic carbocycles. The van der Waals surface area contributed by atoms with Gasteiger partial charge in [0.15, 0.2) is 5.78 Å². The number of rotatable bonds is 3. The number of carbonyl (C=O) groups excluding carboxylic acids is 1. The van der Waals surface area contributed by atoms with E-state index in [4.69, 9.17) is 0 Å². The minimum Gasteiger partial charge on any atom is -0.310 e. The molecule has 0 aliphatic heterocycles. The van der Waals surface area contributed by atoms with Crippen LogP contribution in [0.4, 0.5) is 0 Å². The van der Waals surface area contributed by atoms with Gasteiger partial charge in [-0.25, -0.2) is 0 Å². The number of hydrogen-bond donors (Lipinski definition) is 1. The zero-order chi connectivity index (χ0) is 8.97. The van der Waals surface area contributed by atoms with Gasteiger partial charge < -0.3 is 5.32 Å². The van der Waals surface area contributed by atoms with Crippen LogP contribution in [0.15, 0.2) is 24.3 Å². The normalized spacial score (nSPS) is 12.5. The van der Waals surface area contributed by atoms with Gasteiger partial charge in [0.05, 0.1) is 6.04 Å². The first-order valence-corrected chi connectivity index (χ1v) is 3.94. The van der Waals surface area contributed by atoms with Gasteiger partial charge in [-0.1, -0.05) is 24.3 Å². The Bertz CT molecular complexity index is 256. The van der Waals surface area contributed by atoms with Gasteiger partial charge in [-0.05, 0) is 20.0 Å². The summed E-state index contributed by atoms with van der Waals surface area (Å²) in [4.78, 5) is 11.5. The lowest BCUT2D eigenvalue weighted by atomic mass is 10.1. The van der Waals surface area contributed by atoms with Crippen LogP contribution in [0.2, 0.25) is 0 Å². The fourth-order valence-electron chi connectivity index (χ4n) is 0.911. The standard InChI is InChI=1S/C10H12NO/c1-8(11-2)10(12)9-6-4-3-5-7-9/h3-6,8,11H,1-2H3/t8-/m0/s1. The average Bonchev–Trinajstić information content (AvgIpc) is 2.17. The summed E-state index contributed by atoms with van der Waals surface area (Å²) in [6, 6.07) is 9.97. The van der Waals surface area contributed by atoms with E-state index in [1.165, 1.54) is 0 Å². The van der Waals surface area contributed by atoms with E-state index in [-0.39, 0.29) is 11.8 Å². The highest BCUT2D eigenvalue weighted by Gasteiger charge is 2.11. The first-order chi connectivity index (χ1) is 5.75. The molecule has 0 amide bonds. The zero-order valence-electron chi connectivity index (χ0n) is 7.29. The van der Waals surface area contributed by atoms with Gasteiger partial charge >= 0.3 is 0 Å². The van der Waals surface area contributed by atoms with Crippen molar-refractivity contribution < 1.29 is 4.79 Å². The molecule has 63 valence electrons. The molecule has 12 heavy (non-hydrogen) atoms. The molecule has 0 aliphatic rings. The lowest BCUT2D eigenvalue weighted by Crippen LogP contribution is -2.30. The maximum Gasteiger partial charge on any atom is 0.180 e. The molecule has 1 N–H and O–H groups in total. The van der Waals surface area contributed by atoms with E-state index in [0.29, 0.717) is 5.56 Å². The fraction of sp³-hybridized carbons (Fsp3) is 0.300. The Balaban J connectivity index is 2.79. The molecule has 0 spiro atoms. The summed E-state index contributed by atoms with van der Waals surface area (Å²) in [6.07, 6.45) is 0. The van der Waals surface area contributed by atoms with Gasteiger partial charge in [-0.3, -0.25) is 4.79 Å². The summed E-state index contributed by atoms with van der Waals surface area (Å²) in [5.41, 5.74) is 0.638. The van der Waals surface area contributed by atoms with Crippen molar-refractivity contribution in [2.75, 3.05) is 7.05 Å². The third-order valence-corrected chi connectivity index (χ3v) is 1.80. The molecule has 2 nitrogen and oxygen atoms in total. The molecule has 0 heterocycles. The van der Waals surface area contributed by atoms with E-state index < -0.39 is 0 Å². The summed E-state index contributed by atoms with van der Waals surface area (Å²) in [5, 5.41) is 2.89. The Kier molecular flexibility index (Phi) is 3.00.